The zero-order valence-corrected chi connectivity index (χ0v) is 16.0. The fourth-order valence-electron chi connectivity index (χ4n) is 3.35. The Labute approximate surface area is 155 Å². The first-order valence-corrected chi connectivity index (χ1v) is 9.00. The number of carbonyl (C=O) groups is 1. The van der Waals surface area contributed by atoms with Crippen molar-refractivity contribution in [3.8, 4) is 5.75 Å². The maximum atomic E-state index is 12.6. The molecule has 3 rings (SSSR count). The minimum atomic E-state index is -0.0344. The maximum Gasteiger partial charge on any atom is 0.321 e. The number of piperazine rings is 1. The van der Waals surface area contributed by atoms with Crippen LogP contribution in [0.4, 0.5) is 16.2 Å². The summed E-state index contributed by atoms with van der Waals surface area (Å²) in [6, 6.07) is 12.2. The van der Waals surface area contributed by atoms with Crippen LogP contribution in [0.2, 0.25) is 0 Å². The fourth-order valence-corrected chi connectivity index (χ4v) is 3.35. The second-order valence-corrected chi connectivity index (χ2v) is 6.90. The van der Waals surface area contributed by atoms with E-state index in [0.717, 1.165) is 35.8 Å². The monoisotopic (exact) mass is 353 g/mol. The van der Waals surface area contributed by atoms with Gasteiger partial charge in [-0.2, -0.15) is 0 Å². The normalized spacial score (nSPS) is 14.3. The molecule has 1 aliphatic heterocycles. The molecule has 1 N–H and O–H groups in total. The Morgan fingerprint density at radius 2 is 1.62 bits per heavy atom. The molecule has 0 spiro atoms. The molecule has 0 aliphatic carbocycles. The molecule has 5 nitrogen and oxygen atoms in total. The number of methoxy groups -OCH3 is 1. The van der Waals surface area contributed by atoms with E-state index in [-0.39, 0.29) is 6.03 Å². The van der Waals surface area contributed by atoms with E-state index in [1.165, 1.54) is 11.1 Å². The SMILES string of the molecule is COc1ccc(C)cc1N1CCN(C(=O)Nc2ccc(C)cc2C)CC1. The maximum absolute atomic E-state index is 12.6. The number of benzene rings is 2. The van der Waals surface area contributed by atoms with Crippen molar-refractivity contribution >= 4 is 17.4 Å². The second-order valence-electron chi connectivity index (χ2n) is 6.90. The van der Waals surface area contributed by atoms with Gasteiger partial charge in [-0.05, 0) is 50.1 Å². The second kappa shape index (κ2) is 7.68. The summed E-state index contributed by atoms with van der Waals surface area (Å²) in [4.78, 5) is 16.8. The van der Waals surface area contributed by atoms with Crippen molar-refractivity contribution in [1.82, 2.24) is 4.90 Å². The van der Waals surface area contributed by atoms with Crippen LogP contribution in [0.25, 0.3) is 0 Å². The predicted molar refractivity (Wildman–Crippen MR) is 106 cm³/mol. The summed E-state index contributed by atoms with van der Waals surface area (Å²) in [6.45, 7) is 9.11. The quantitative estimate of drug-likeness (QED) is 0.908. The molecule has 1 fully saturated rings. The number of carbonyl (C=O) groups excluding carboxylic acids is 1. The highest BCUT2D eigenvalue weighted by Crippen LogP contribution is 2.30. The lowest BCUT2D eigenvalue weighted by molar-refractivity contribution is 0.208. The van der Waals surface area contributed by atoms with Crippen LogP contribution in [0, 0.1) is 20.8 Å². The molecule has 2 amide bonds. The van der Waals surface area contributed by atoms with Gasteiger partial charge in [-0.1, -0.05) is 23.8 Å². The molecule has 138 valence electrons. The molecule has 0 saturated carbocycles. The van der Waals surface area contributed by atoms with E-state index in [1.807, 2.05) is 30.0 Å². The minimum absolute atomic E-state index is 0.0344. The van der Waals surface area contributed by atoms with Crippen LogP contribution in [-0.2, 0) is 0 Å². The number of nitrogens with zero attached hydrogens (tertiary/aromatic N) is 2. The summed E-state index contributed by atoms with van der Waals surface area (Å²) < 4.78 is 5.50. The van der Waals surface area contributed by atoms with Crippen LogP contribution in [0.15, 0.2) is 36.4 Å². The third-order valence-electron chi connectivity index (χ3n) is 4.87. The number of nitrogens with one attached hydrogen (secondary N) is 1. The zero-order chi connectivity index (χ0) is 18.7. The molecular formula is C21H27N3O2. The third kappa shape index (κ3) is 3.93. The smallest absolute Gasteiger partial charge is 0.321 e. The average molecular weight is 353 g/mol. The number of hydrogen-bond acceptors (Lipinski definition) is 3. The number of amides is 2. The largest absolute Gasteiger partial charge is 0.495 e. The van der Waals surface area contributed by atoms with Gasteiger partial charge in [0.1, 0.15) is 5.75 Å². The van der Waals surface area contributed by atoms with E-state index in [1.54, 1.807) is 7.11 Å². The van der Waals surface area contributed by atoms with E-state index in [2.05, 4.69) is 42.3 Å². The number of ether oxygens (including phenoxy) is 1. The van der Waals surface area contributed by atoms with Crippen molar-refractivity contribution in [3.05, 3.63) is 53.1 Å². The van der Waals surface area contributed by atoms with Gasteiger partial charge in [0.05, 0.1) is 12.8 Å². The Balaban J connectivity index is 1.63. The first-order valence-electron chi connectivity index (χ1n) is 9.00. The first kappa shape index (κ1) is 18.1. The van der Waals surface area contributed by atoms with Crippen molar-refractivity contribution < 1.29 is 9.53 Å². The molecule has 1 aliphatic rings. The highest BCUT2D eigenvalue weighted by Gasteiger charge is 2.23. The standard InChI is InChI=1S/C21H27N3O2/c1-15-5-7-18(17(3)13-15)22-21(25)24-11-9-23(10-12-24)19-14-16(2)6-8-20(19)26-4/h5-8,13-14H,9-12H2,1-4H3,(H,22,25). The molecule has 2 aromatic rings. The van der Waals surface area contributed by atoms with Gasteiger partial charge < -0.3 is 19.9 Å². The van der Waals surface area contributed by atoms with Crippen molar-refractivity contribution in [2.45, 2.75) is 20.8 Å². The Kier molecular flexibility index (Phi) is 5.35. The van der Waals surface area contributed by atoms with Crippen LogP contribution in [0.1, 0.15) is 16.7 Å². The van der Waals surface area contributed by atoms with Gasteiger partial charge >= 0.3 is 6.03 Å². The molecule has 0 atom stereocenters. The molecule has 1 heterocycles. The molecular weight excluding hydrogens is 326 g/mol. The number of rotatable bonds is 3. The van der Waals surface area contributed by atoms with E-state index in [4.69, 9.17) is 4.74 Å². The van der Waals surface area contributed by atoms with E-state index in [0.29, 0.717) is 13.1 Å². The van der Waals surface area contributed by atoms with Gasteiger partial charge in [0.2, 0.25) is 0 Å². The summed E-state index contributed by atoms with van der Waals surface area (Å²) in [5.74, 6) is 0.879. The molecule has 1 saturated heterocycles. The van der Waals surface area contributed by atoms with Gasteiger partial charge in [0.25, 0.3) is 0 Å². The van der Waals surface area contributed by atoms with Crippen LogP contribution in [0.5, 0.6) is 5.75 Å². The number of anilines is 2. The summed E-state index contributed by atoms with van der Waals surface area (Å²) in [7, 11) is 1.70. The lowest BCUT2D eigenvalue weighted by Gasteiger charge is -2.36. The lowest BCUT2D eigenvalue weighted by atomic mass is 10.1. The van der Waals surface area contributed by atoms with Crippen molar-refractivity contribution in [2.75, 3.05) is 43.5 Å². The van der Waals surface area contributed by atoms with E-state index in [9.17, 15) is 4.79 Å². The summed E-state index contributed by atoms with van der Waals surface area (Å²) in [5.41, 5.74) is 5.46. The average Bonchev–Trinajstić information content (AvgIpc) is 2.64. The first-order chi connectivity index (χ1) is 12.5. The van der Waals surface area contributed by atoms with Crippen molar-refractivity contribution in [1.29, 1.82) is 0 Å². The Hall–Kier alpha value is -2.69. The number of hydrogen-bond donors (Lipinski definition) is 1. The van der Waals surface area contributed by atoms with E-state index < -0.39 is 0 Å². The molecule has 26 heavy (non-hydrogen) atoms. The lowest BCUT2D eigenvalue weighted by Crippen LogP contribution is -2.50. The van der Waals surface area contributed by atoms with Gasteiger partial charge in [-0.25, -0.2) is 4.79 Å². The van der Waals surface area contributed by atoms with Crippen LogP contribution < -0.4 is 15.0 Å². The van der Waals surface area contributed by atoms with Crippen LogP contribution >= 0.6 is 0 Å². The number of urea groups is 1. The molecule has 5 heteroatoms. The highest BCUT2D eigenvalue weighted by atomic mass is 16.5. The van der Waals surface area contributed by atoms with Crippen molar-refractivity contribution in [2.24, 2.45) is 0 Å². The van der Waals surface area contributed by atoms with Gasteiger partial charge in [-0.3, -0.25) is 0 Å². The highest BCUT2D eigenvalue weighted by molar-refractivity contribution is 5.90. The topological polar surface area (TPSA) is 44.8 Å². The van der Waals surface area contributed by atoms with Crippen LogP contribution in [0.3, 0.4) is 0 Å². The van der Waals surface area contributed by atoms with Gasteiger partial charge in [0, 0.05) is 31.9 Å². The Morgan fingerprint density at radius 1 is 0.962 bits per heavy atom. The summed E-state index contributed by atoms with van der Waals surface area (Å²) in [5, 5.41) is 3.04. The molecule has 0 unspecified atom stereocenters. The Morgan fingerprint density at radius 3 is 2.27 bits per heavy atom. The molecule has 0 aromatic heterocycles. The van der Waals surface area contributed by atoms with Crippen LogP contribution in [-0.4, -0.2) is 44.2 Å². The molecule has 2 aromatic carbocycles. The number of aryl methyl sites for hydroxylation is 3. The summed E-state index contributed by atoms with van der Waals surface area (Å²) in [6.07, 6.45) is 0. The van der Waals surface area contributed by atoms with Gasteiger partial charge in [0.15, 0.2) is 0 Å². The third-order valence-corrected chi connectivity index (χ3v) is 4.87. The zero-order valence-electron chi connectivity index (χ0n) is 16.0. The van der Waals surface area contributed by atoms with E-state index >= 15 is 0 Å². The molecule has 0 radical (unpaired) electrons. The predicted octanol–water partition coefficient (Wildman–Crippen LogP) is 3.97. The summed E-state index contributed by atoms with van der Waals surface area (Å²) >= 11 is 0. The minimum Gasteiger partial charge on any atom is -0.495 e. The molecule has 0 bridgehead atoms. The van der Waals surface area contributed by atoms with Gasteiger partial charge in [-0.15, -0.1) is 0 Å². The Bertz CT molecular complexity index is 796. The fraction of sp³-hybridized carbons (Fsp3) is 0.381. The van der Waals surface area contributed by atoms with Crippen molar-refractivity contribution in [3.63, 3.8) is 0 Å².